The number of rotatable bonds is 3. The van der Waals surface area contributed by atoms with Gasteiger partial charge in [0.1, 0.15) is 0 Å². The molecule has 3 rings (SSSR count). The lowest BCUT2D eigenvalue weighted by Gasteiger charge is -2.33. The Labute approximate surface area is 112 Å². The number of pyridine rings is 1. The minimum absolute atomic E-state index is 0.571. The highest BCUT2D eigenvalue weighted by Crippen LogP contribution is 2.32. The zero-order valence-corrected chi connectivity index (χ0v) is 11.5. The quantitative estimate of drug-likeness (QED) is 0.839. The summed E-state index contributed by atoms with van der Waals surface area (Å²) in [5.41, 5.74) is 2.93. The zero-order valence-electron chi connectivity index (χ0n) is 10.7. The van der Waals surface area contributed by atoms with E-state index in [0.717, 1.165) is 13.0 Å². The summed E-state index contributed by atoms with van der Waals surface area (Å²) in [5, 5.41) is 2.23. The van der Waals surface area contributed by atoms with Gasteiger partial charge in [0.15, 0.2) is 0 Å². The third-order valence-corrected chi connectivity index (χ3v) is 4.84. The molecule has 2 aromatic heterocycles. The molecule has 0 fully saturated rings. The van der Waals surface area contributed by atoms with Gasteiger partial charge >= 0.3 is 0 Å². The van der Waals surface area contributed by atoms with Crippen LogP contribution in [0.25, 0.3) is 0 Å². The van der Waals surface area contributed by atoms with E-state index in [-0.39, 0.29) is 0 Å². The average Bonchev–Trinajstić information content (AvgIpc) is 2.88. The molecule has 2 aromatic rings. The molecule has 0 radical (unpaired) electrons. The van der Waals surface area contributed by atoms with Crippen LogP contribution in [0, 0.1) is 0 Å². The summed E-state index contributed by atoms with van der Waals surface area (Å²) >= 11 is 1.91. The molecule has 1 aliphatic rings. The van der Waals surface area contributed by atoms with E-state index in [1.807, 2.05) is 23.7 Å². The van der Waals surface area contributed by atoms with E-state index in [1.165, 1.54) is 18.5 Å². The molecule has 3 heterocycles. The Hall–Kier alpha value is -1.19. The van der Waals surface area contributed by atoms with Crippen LogP contribution < -0.4 is 0 Å². The van der Waals surface area contributed by atoms with E-state index >= 15 is 0 Å². The van der Waals surface area contributed by atoms with E-state index in [1.54, 1.807) is 10.4 Å². The molecule has 1 aliphatic heterocycles. The lowest BCUT2D eigenvalue weighted by Crippen LogP contribution is -2.34. The fourth-order valence-electron chi connectivity index (χ4n) is 2.69. The van der Waals surface area contributed by atoms with Gasteiger partial charge in [-0.25, -0.2) is 0 Å². The van der Waals surface area contributed by atoms with Gasteiger partial charge < -0.3 is 0 Å². The maximum atomic E-state index is 4.07. The molecule has 0 aliphatic carbocycles. The monoisotopic (exact) mass is 258 g/mol. The zero-order chi connectivity index (χ0) is 12.4. The summed E-state index contributed by atoms with van der Waals surface area (Å²) in [6.45, 7) is 4.66. The van der Waals surface area contributed by atoms with Gasteiger partial charge in [-0.15, -0.1) is 11.3 Å². The molecular formula is C15H18N2S. The highest BCUT2D eigenvalue weighted by molar-refractivity contribution is 7.10. The van der Waals surface area contributed by atoms with Crippen molar-refractivity contribution in [3.05, 3.63) is 52.0 Å². The average molecular weight is 258 g/mol. The molecular weight excluding hydrogens is 240 g/mol. The van der Waals surface area contributed by atoms with Gasteiger partial charge in [-0.2, -0.15) is 0 Å². The molecule has 2 nitrogen and oxygen atoms in total. The summed E-state index contributed by atoms with van der Waals surface area (Å²) < 4.78 is 0. The lowest BCUT2D eigenvalue weighted by atomic mass is 10.0. The lowest BCUT2D eigenvalue weighted by molar-refractivity contribution is 0.203. The van der Waals surface area contributed by atoms with Crippen LogP contribution in [-0.4, -0.2) is 23.0 Å². The summed E-state index contributed by atoms with van der Waals surface area (Å²) in [4.78, 5) is 8.24. The van der Waals surface area contributed by atoms with Crippen molar-refractivity contribution in [1.29, 1.82) is 0 Å². The van der Waals surface area contributed by atoms with Gasteiger partial charge in [0.05, 0.1) is 0 Å². The second kappa shape index (κ2) is 5.21. The Morgan fingerprint density at radius 3 is 3.00 bits per heavy atom. The van der Waals surface area contributed by atoms with Crippen molar-refractivity contribution in [3.63, 3.8) is 0 Å². The number of fused-ring (bicyclic) bond motifs is 1. The van der Waals surface area contributed by atoms with E-state index in [2.05, 4.69) is 40.4 Å². The van der Waals surface area contributed by atoms with E-state index in [0.29, 0.717) is 6.04 Å². The van der Waals surface area contributed by atoms with Crippen LogP contribution in [0.2, 0.25) is 0 Å². The molecule has 0 saturated carbocycles. The van der Waals surface area contributed by atoms with Crippen molar-refractivity contribution in [3.8, 4) is 0 Å². The first-order chi connectivity index (χ1) is 8.84. The van der Waals surface area contributed by atoms with Gasteiger partial charge in [0.2, 0.25) is 0 Å². The van der Waals surface area contributed by atoms with Crippen molar-refractivity contribution < 1.29 is 0 Å². The Balaban J connectivity index is 1.65. The van der Waals surface area contributed by atoms with Crippen molar-refractivity contribution in [1.82, 2.24) is 9.88 Å². The first-order valence-electron chi connectivity index (χ1n) is 6.54. The fourth-order valence-corrected chi connectivity index (χ4v) is 3.65. The Morgan fingerprint density at radius 2 is 2.17 bits per heavy atom. The number of aromatic nitrogens is 1. The normalized spacial score (nSPS) is 19.7. The van der Waals surface area contributed by atoms with E-state index in [4.69, 9.17) is 0 Å². The molecule has 94 valence electrons. The predicted octanol–water partition coefficient (Wildman–Crippen LogP) is 3.30. The first kappa shape index (κ1) is 11.9. The number of hydrogen-bond acceptors (Lipinski definition) is 3. The maximum absolute atomic E-state index is 4.07. The smallest absolute Gasteiger partial charge is 0.0331 e. The standard InChI is InChI=1S/C15H18N2S/c1-12-14-6-11-18-15(14)5-10-17(12)9-4-13-2-7-16-8-3-13/h2-3,6-8,11-12H,4-5,9-10H2,1H3/t12-/m1/s1. The molecule has 0 bridgehead atoms. The molecule has 0 N–H and O–H groups in total. The van der Waals surface area contributed by atoms with Crippen LogP contribution >= 0.6 is 11.3 Å². The van der Waals surface area contributed by atoms with Gasteiger partial charge in [-0.3, -0.25) is 9.88 Å². The molecule has 3 heteroatoms. The Bertz CT molecular complexity index is 506. The molecule has 0 spiro atoms. The van der Waals surface area contributed by atoms with Crippen LogP contribution in [0.15, 0.2) is 36.0 Å². The topological polar surface area (TPSA) is 16.1 Å². The van der Waals surface area contributed by atoms with Crippen molar-refractivity contribution in [2.24, 2.45) is 0 Å². The minimum Gasteiger partial charge on any atom is -0.296 e. The summed E-state index contributed by atoms with van der Waals surface area (Å²) in [6, 6.07) is 7.10. The molecule has 0 amide bonds. The van der Waals surface area contributed by atoms with Crippen molar-refractivity contribution >= 4 is 11.3 Å². The molecule has 0 unspecified atom stereocenters. The van der Waals surface area contributed by atoms with Gasteiger partial charge in [-0.1, -0.05) is 0 Å². The van der Waals surface area contributed by atoms with Crippen LogP contribution in [0.4, 0.5) is 0 Å². The largest absolute Gasteiger partial charge is 0.296 e. The second-order valence-electron chi connectivity index (χ2n) is 4.87. The SMILES string of the molecule is C[C@@H]1c2ccsc2CCN1CCc1ccncc1. The minimum atomic E-state index is 0.571. The first-order valence-corrected chi connectivity index (χ1v) is 7.42. The highest BCUT2D eigenvalue weighted by atomic mass is 32.1. The van der Waals surface area contributed by atoms with Crippen LogP contribution in [0.1, 0.15) is 29.0 Å². The second-order valence-corrected chi connectivity index (χ2v) is 5.87. The van der Waals surface area contributed by atoms with Crippen LogP contribution in [-0.2, 0) is 12.8 Å². The van der Waals surface area contributed by atoms with Crippen LogP contribution in [0.3, 0.4) is 0 Å². The fraction of sp³-hybridized carbons (Fsp3) is 0.400. The number of nitrogens with zero attached hydrogens (tertiary/aromatic N) is 2. The van der Waals surface area contributed by atoms with Gasteiger partial charge in [0.25, 0.3) is 0 Å². The molecule has 18 heavy (non-hydrogen) atoms. The Morgan fingerprint density at radius 1 is 1.33 bits per heavy atom. The van der Waals surface area contributed by atoms with Crippen molar-refractivity contribution in [2.45, 2.75) is 25.8 Å². The summed E-state index contributed by atoms with van der Waals surface area (Å²) in [6.07, 6.45) is 6.10. The summed E-state index contributed by atoms with van der Waals surface area (Å²) in [5.74, 6) is 0. The number of thiophene rings is 1. The van der Waals surface area contributed by atoms with Gasteiger partial charge in [0, 0.05) is 36.4 Å². The highest BCUT2D eigenvalue weighted by Gasteiger charge is 2.23. The van der Waals surface area contributed by atoms with Gasteiger partial charge in [-0.05, 0) is 54.5 Å². The van der Waals surface area contributed by atoms with Crippen LogP contribution in [0.5, 0.6) is 0 Å². The Kier molecular flexibility index (Phi) is 3.43. The maximum Gasteiger partial charge on any atom is 0.0331 e. The third-order valence-electron chi connectivity index (χ3n) is 3.84. The predicted molar refractivity (Wildman–Crippen MR) is 76.0 cm³/mol. The number of hydrogen-bond donors (Lipinski definition) is 0. The molecule has 0 saturated heterocycles. The van der Waals surface area contributed by atoms with Crippen molar-refractivity contribution in [2.75, 3.05) is 13.1 Å². The van der Waals surface area contributed by atoms with E-state index in [9.17, 15) is 0 Å². The summed E-state index contributed by atoms with van der Waals surface area (Å²) in [7, 11) is 0. The third kappa shape index (κ3) is 2.33. The van der Waals surface area contributed by atoms with E-state index < -0.39 is 0 Å². The molecule has 1 atom stereocenters. The molecule has 0 aromatic carbocycles.